The third-order valence-corrected chi connectivity index (χ3v) is 4.05. The molecule has 1 N–H and O–H groups in total. The lowest BCUT2D eigenvalue weighted by atomic mass is 10.0. The number of aryl methyl sites for hydroxylation is 1. The van der Waals surface area contributed by atoms with Crippen LogP contribution in [-0.2, 0) is 0 Å². The minimum Gasteiger partial charge on any atom is -0.360 e. The van der Waals surface area contributed by atoms with Gasteiger partial charge in [0.05, 0.1) is 6.04 Å². The van der Waals surface area contributed by atoms with Gasteiger partial charge < -0.3 is 9.84 Å². The highest BCUT2D eigenvalue weighted by molar-refractivity contribution is 6.00. The Morgan fingerprint density at radius 3 is 2.33 bits per heavy atom. The molecule has 0 saturated heterocycles. The molecule has 0 fully saturated rings. The van der Waals surface area contributed by atoms with Crippen LogP contribution in [-0.4, -0.2) is 11.1 Å². The highest BCUT2D eigenvalue weighted by Gasteiger charge is 2.23. The van der Waals surface area contributed by atoms with Crippen LogP contribution in [0.5, 0.6) is 0 Å². The lowest BCUT2D eigenvalue weighted by molar-refractivity contribution is 0.0934. The number of benzene rings is 2. The Kier molecular flexibility index (Phi) is 4.75. The van der Waals surface area contributed by atoms with Crippen molar-refractivity contribution in [1.82, 2.24) is 10.5 Å². The summed E-state index contributed by atoms with van der Waals surface area (Å²) in [5.74, 6) is 0.359. The molecule has 0 unspecified atom stereocenters. The number of carbonyl (C=O) groups is 1. The molecular formula is C20H20N2O2. The van der Waals surface area contributed by atoms with E-state index in [-0.39, 0.29) is 11.9 Å². The number of nitrogens with zero attached hydrogens (tertiary/aromatic N) is 1. The van der Waals surface area contributed by atoms with Crippen LogP contribution in [0.1, 0.15) is 41.1 Å². The van der Waals surface area contributed by atoms with Crippen molar-refractivity contribution in [3.05, 3.63) is 77.6 Å². The highest BCUT2D eigenvalue weighted by Crippen LogP contribution is 2.26. The van der Waals surface area contributed by atoms with Gasteiger partial charge in [-0.15, -0.1) is 0 Å². The van der Waals surface area contributed by atoms with E-state index in [0.717, 1.165) is 17.5 Å². The number of aromatic nitrogens is 1. The summed E-state index contributed by atoms with van der Waals surface area (Å²) in [6.07, 6.45) is 0.806. The smallest absolute Gasteiger partial charge is 0.257 e. The molecule has 122 valence electrons. The van der Waals surface area contributed by atoms with Crippen LogP contribution in [0.3, 0.4) is 0 Å². The molecule has 4 heteroatoms. The lowest BCUT2D eigenvalue weighted by Gasteiger charge is -2.17. The normalized spacial score (nSPS) is 11.9. The Balaban J connectivity index is 1.89. The van der Waals surface area contributed by atoms with Crippen molar-refractivity contribution in [2.75, 3.05) is 0 Å². The fourth-order valence-corrected chi connectivity index (χ4v) is 2.77. The van der Waals surface area contributed by atoms with Crippen molar-refractivity contribution in [2.45, 2.75) is 26.3 Å². The molecule has 1 atom stereocenters. The summed E-state index contributed by atoms with van der Waals surface area (Å²) in [5, 5.41) is 7.17. The number of carbonyl (C=O) groups excluding carboxylic acids is 1. The predicted molar refractivity (Wildman–Crippen MR) is 93.6 cm³/mol. The third kappa shape index (κ3) is 3.23. The fraction of sp³-hybridized carbons (Fsp3) is 0.200. The Labute approximate surface area is 141 Å². The molecule has 0 bridgehead atoms. The van der Waals surface area contributed by atoms with E-state index in [2.05, 4.69) is 17.4 Å². The second kappa shape index (κ2) is 7.13. The monoisotopic (exact) mass is 320 g/mol. The molecule has 2 aromatic carbocycles. The summed E-state index contributed by atoms with van der Waals surface area (Å²) in [4.78, 5) is 12.9. The third-order valence-electron chi connectivity index (χ3n) is 4.05. The molecule has 1 aromatic heterocycles. The van der Waals surface area contributed by atoms with E-state index in [9.17, 15) is 4.79 Å². The first-order valence-electron chi connectivity index (χ1n) is 8.08. The molecule has 0 aliphatic heterocycles. The molecule has 0 aliphatic rings. The highest BCUT2D eigenvalue weighted by atomic mass is 16.5. The molecule has 0 saturated carbocycles. The van der Waals surface area contributed by atoms with Crippen molar-refractivity contribution >= 4 is 5.91 Å². The number of amides is 1. The largest absolute Gasteiger partial charge is 0.360 e. The first-order chi connectivity index (χ1) is 11.7. The van der Waals surface area contributed by atoms with Gasteiger partial charge in [-0.2, -0.15) is 0 Å². The van der Waals surface area contributed by atoms with E-state index < -0.39 is 0 Å². The molecule has 0 radical (unpaired) electrons. The second-order valence-electron chi connectivity index (χ2n) is 5.67. The summed E-state index contributed by atoms with van der Waals surface area (Å²) in [6, 6.07) is 19.5. The van der Waals surface area contributed by atoms with Crippen LogP contribution in [0.4, 0.5) is 0 Å². The van der Waals surface area contributed by atoms with Crippen molar-refractivity contribution in [1.29, 1.82) is 0 Å². The second-order valence-corrected chi connectivity index (χ2v) is 5.67. The average molecular weight is 320 g/mol. The summed E-state index contributed by atoms with van der Waals surface area (Å²) in [5.41, 5.74) is 3.03. The van der Waals surface area contributed by atoms with Crippen molar-refractivity contribution < 1.29 is 9.32 Å². The molecule has 3 aromatic rings. The van der Waals surface area contributed by atoms with Gasteiger partial charge in [-0.3, -0.25) is 4.79 Å². The number of hydrogen-bond acceptors (Lipinski definition) is 3. The zero-order valence-electron chi connectivity index (χ0n) is 13.8. The Morgan fingerprint density at radius 1 is 1.08 bits per heavy atom. The first-order valence-corrected chi connectivity index (χ1v) is 8.08. The quantitative estimate of drug-likeness (QED) is 0.751. The van der Waals surface area contributed by atoms with Crippen LogP contribution < -0.4 is 5.32 Å². The van der Waals surface area contributed by atoms with Crippen LogP contribution in [0.25, 0.3) is 11.3 Å². The fourth-order valence-electron chi connectivity index (χ4n) is 2.77. The maximum atomic E-state index is 12.9. The van der Waals surface area contributed by atoms with E-state index in [1.807, 2.05) is 60.7 Å². The predicted octanol–water partition coefficient (Wildman–Crippen LogP) is 4.53. The molecular weight excluding hydrogens is 300 g/mol. The SMILES string of the molecule is CC[C@H](NC(=O)c1c(-c2ccccc2)noc1C)c1ccccc1. The van der Waals surface area contributed by atoms with Gasteiger partial charge in [-0.05, 0) is 18.9 Å². The van der Waals surface area contributed by atoms with Gasteiger partial charge in [0.1, 0.15) is 17.0 Å². The standard InChI is InChI=1S/C20H20N2O2/c1-3-17(15-10-6-4-7-11-15)21-20(23)18-14(2)24-22-19(18)16-12-8-5-9-13-16/h4-13,17H,3H2,1-2H3,(H,21,23)/t17-/m0/s1. The first kappa shape index (κ1) is 16.0. The number of hydrogen-bond donors (Lipinski definition) is 1. The molecule has 24 heavy (non-hydrogen) atoms. The number of nitrogens with one attached hydrogen (secondary N) is 1. The zero-order chi connectivity index (χ0) is 16.9. The summed E-state index contributed by atoms with van der Waals surface area (Å²) in [7, 11) is 0. The van der Waals surface area contributed by atoms with Crippen molar-refractivity contribution in [3.63, 3.8) is 0 Å². The molecule has 1 amide bonds. The summed E-state index contributed by atoms with van der Waals surface area (Å²) < 4.78 is 5.28. The van der Waals surface area contributed by atoms with Gasteiger partial charge in [0.25, 0.3) is 5.91 Å². The van der Waals surface area contributed by atoms with E-state index in [1.165, 1.54) is 0 Å². The lowest BCUT2D eigenvalue weighted by Crippen LogP contribution is -2.28. The van der Waals surface area contributed by atoms with E-state index in [1.54, 1.807) is 6.92 Å². The van der Waals surface area contributed by atoms with E-state index in [4.69, 9.17) is 4.52 Å². The summed E-state index contributed by atoms with van der Waals surface area (Å²) >= 11 is 0. The average Bonchev–Trinajstić information content (AvgIpc) is 3.02. The molecule has 3 rings (SSSR count). The van der Waals surface area contributed by atoms with Gasteiger partial charge in [0, 0.05) is 5.56 Å². The van der Waals surface area contributed by atoms with E-state index in [0.29, 0.717) is 17.0 Å². The number of rotatable bonds is 5. The Morgan fingerprint density at radius 2 is 1.71 bits per heavy atom. The maximum Gasteiger partial charge on any atom is 0.257 e. The van der Waals surface area contributed by atoms with Crippen LogP contribution in [0, 0.1) is 6.92 Å². The van der Waals surface area contributed by atoms with Crippen LogP contribution >= 0.6 is 0 Å². The van der Waals surface area contributed by atoms with Crippen LogP contribution in [0.15, 0.2) is 65.2 Å². The minimum atomic E-state index is -0.164. The molecule has 4 nitrogen and oxygen atoms in total. The van der Waals surface area contributed by atoms with Gasteiger partial charge in [-0.25, -0.2) is 0 Å². The topological polar surface area (TPSA) is 55.1 Å². The van der Waals surface area contributed by atoms with Crippen molar-refractivity contribution in [2.24, 2.45) is 0 Å². The molecule has 0 aliphatic carbocycles. The minimum absolute atomic E-state index is 0.0448. The zero-order valence-corrected chi connectivity index (χ0v) is 13.8. The van der Waals surface area contributed by atoms with E-state index >= 15 is 0 Å². The van der Waals surface area contributed by atoms with Crippen LogP contribution in [0.2, 0.25) is 0 Å². The Hall–Kier alpha value is -2.88. The summed E-state index contributed by atoms with van der Waals surface area (Å²) in [6.45, 7) is 3.81. The molecule has 0 spiro atoms. The van der Waals surface area contributed by atoms with Gasteiger partial charge >= 0.3 is 0 Å². The van der Waals surface area contributed by atoms with Gasteiger partial charge in [0.15, 0.2) is 0 Å². The maximum absolute atomic E-state index is 12.9. The van der Waals surface area contributed by atoms with Gasteiger partial charge in [0.2, 0.25) is 0 Å². The van der Waals surface area contributed by atoms with Crippen molar-refractivity contribution in [3.8, 4) is 11.3 Å². The Bertz CT molecular complexity index is 810. The van der Waals surface area contributed by atoms with Gasteiger partial charge in [-0.1, -0.05) is 72.7 Å². The molecule has 1 heterocycles.